The van der Waals surface area contributed by atoms with Crippen LogP contribution in [-0.2, 0) is 16.0 Å². The lowest BCUT2D eigenvalue weighted by atomic mass is 10.0. The van der Waals surface area contributed by atoms with Crippen molar-refractivity contribution in [2.75, 3.05) is 12.4 Å². The van der Waals surface area contributed by atoms with Crippen LogP contribution in [0.5, 0.6) is 5.75 Å². The molecule has 2 unspecified atom stereocenters. The fraction of sp³-hybridized carbons (Fsp3) is 0.476. The molecule has 2 atom stereocenters. The van der Waals surface area contributed by atoms with E-state index in [1.165, 1.54) is 0 Å². The predicted molar refractivity (Wildman–Crippen MR) is 109 cm³/mol. The largest absolute Gasteiger partial charge is 0.497 e. The molecule has 2 amide bonds. The molecule has 1 heterocycles. The van der Waals surface area contributed by atoms with Gasteiger partial charge in [-0.25, -0.2) is 4.79 Å². The van der Waals surface area contributed by atoms with Crippen LogP contribution in [0.1, 0.15) is 50.3 Å². The summed E-state index contributed by atoms with van der Waals surface area (Å²) in [6, 6.07) is 9.29. The number of hydrogen-bond donors (Lipinski definition) is 3. The van der Waals surface area contributed by atoms with Gasteiger partial charge < -0.3 is 20.1 Å². The van der Waals surface area contributed by atoms with E-state index in [-0.39, 0.29) is 36.5 Å². The molecule has 3 N–H and O–H groups in total. The second kappa shape index (κ2) is 9.45. The van der Waals surface area contributed by atoms with E-state index in [4.69, 9.17) is 9.47 Å². The van der Waals surface area contributed by atoms with Crippen molar-refractivity contribution in [1.29, 1.82) is 0 Å². The van der Waals surface area contributed by atoms with Crippen molar-refractivity contribution in [2.24, 2.45) is 0 Å². The number of methoxy groups -OCH3 is 1. The Balaban J connectivity index is 1.49. The summed E-state index contributed by atoms with van der Waals surface area (Å²) in [4.78, 5) is 24.0. The van der Waals surface area contributed by atoms with Crippen LogP contribution < -0.4 is 15.4 Å². The molecule has 0 saturated heterocycles. The number of nitrogens with one attached hydrogen (secondary N) is 3. The molecule has 1 fully saturated rings. The summed E-state index contributed by atoms with van der Waals surface area (Å²) >= 11 is 0. The van der Waals surface area contributed by atoms with E-state index < -0.39 is 0 Å². The van der Waals surface area contributed by atoms with Gasteiger partial charge in [0.1, 0.15) is 11.9 Å². The van der Waals surface area contributed by atoms with E-state index in [1.54, 1.807) is 7.11 Å². The van der Waals surface area contributed by atoms with Crippen molar-refractivity contribution >= 4 is 17.8 Å². The maximum Gasteiger partial charge on any atom is 0.407 e. The van der Waals surface area contributed by atoms with E-state index >= 15 is 0 Å². The fourth-order valence-electron chi connectivity index (χ4n) is 3.48. The predicted octanol–water partition coefficient (Wildman–Crippen LogP) is 3.37. The fourth-order valence-corrected chi connectivity index (χ4v) is 3.48. The summed E-state index contributed by atoms with van der Waals surface area (Å²) < 4.78 is 10.6. The molecule has 0 radical (unpaired) electrons. The van der Waals surface area contributed by atoms with Crippen molar-refractivity contribution in [3.8, 4) is 5.75 Å². The number of amides is 2. The van der Waals surface area contributed by atoms with Gasteiger partial charge in [0, 0.05) is 23.7 Å². The third-order valence-electron chi connectivity index (χ3n) is 4.89. The summed E-state index contributed by atoms with van der Waals surface area (Å²) in [5.41, 5.74) is 1.84. The van der Waals surface area contributed by atoms with Gasteiger partial charge in [0.05, 0.1) is 13.5 Å². The quantitative estimate of drug-likeness (QED) is 0.661. The second-order valence-electron chi connectivity index (χ2n) is 7.62. The maximum atomic E-state index is 12.3. The van der Waals surface area contributed by atoms with Gasteiger partial charge >= 0.3 is 6.09 Å². The van der Waals surface area contributed by atoms with Crippen molar-refractivity contribution in [2.45, 2.75) is 57.6 Å². The lowest BCUT2D eigenvalue weighted by molar-refractivity contribution is -0.115. The van der Waals surface area contributed by atoms with E-state index in [9.17, 15) is 9.59 Å². The van der Waals surface area contributed by atoms with Gasteiger partial charge in [-0.1, -0.05) is 12.1 Å². The van der Waals surface area contributed by atoms with Crippen LogP contribution in [0.25, 0.3) is 0 Å². The topological polar surface area (TPSA) is 105 Å². The molecule has 1 aliphatic carbocycles. The highest BCUT2D eigenvalue weighted by atomic mass is 16.6. The number of rotatable bonds is 7. The van der Waals surface area contributed by atoms with Crippen LogP contribution in [0.15, 0.2) is 30.3 Å². The Morgan fingerprint density at radius 2 is 2.00 bits per heavy atom. The number of benzene rings is 1. The first-order valence-corrected chi connectivity index (χ1v) is 9.88. The number of alkyl carbamates (subject to hydrolysis) is 1. The Bertz CT molecular complexity index is 831. The second-order valence-corrected chi connectivity index (χ2v) is 7.62. The number of carbonyl (C=O) groups excluding carboxylic acids is 2. The summed E-state index contributed by atoms with van der Waals surface area (Å²) in [5.74, 6) is 1.35. The summed E-state index contributed by atoms with van der Waals surface area (Å²) in [6.45, 7) is 3.79. The zero-order valence-corrected chi connectivity index (χ0v) is 17.0. The molecule has 3 rings (SSSR count). The van der Waals surface area contributed by atoms with E-state index in [2.05, 4.69) is 20.8 Å². The standard InChI is InChI=1S/C21H28N4O4/c1-13(2)22-21(27)29-17-9-6-15(11-17)18-12-19(25-24-18)23-20(26)10-14-4-7-16(28-3)8-5-14/h4-5,7-8,12-13,15,17H,6,9-11H2,1-3H3,(H,22,27)(H2,23,24,25,26). The molecule has 0 aliphatic heterocycles. The number of aromatic nitrogens is 2. The summed E-state index contributed by atoms with van der Waals surface area (Å²) in [7, 11) is 1.61. The minimum Gasteiger partial charge on any atom is -0.497 e. The number of carbonyl (C=O) groups is 2. The van der Waals surface area contributed by atoms with Crippen LogP contribution in [0.4, 0.5) is 10.6 Å². The van der Waals surface area contributed by atoms with E-state index in [0.717, 1.165) is 36.3 Å². The van der Waals surface area contributed by atoms with Crippen LogP contribution in [0.3, 0.4) is 0 Å². The monoisotopic (exact) mass is 400 g/mol. The SMILES string of the molecule is COc1ccc(CC(=O)Nc2cc(C3CCC(OC(=O)NC(C)C)C3)[nH]n2)cc1. The molecule has 1 aromatic carbocycles. The zero-order valence-electron chi connectivity index (χ0n) is 17.0. The highest BCUT2D eigenvalue weighted by Gasteiger charge is 2.30. The number of aromatic amines is 1. The molecule has 8 heteroatoms. The number of anilines is 1. The Morgan fingerprint density at radius 3 is 2.69 bits per heavy atom. The highest BCUT2D eigenvalue weighted by Crippen LogP contribution is 2.35. The Labute approximate surface area is 170 Å². The van der Waals surface area contributed by atoms with Crippen molar-refractivity contribution < 1.29 is 19.1 Å². The molecule has 29 heavy (non-hydrogen) atoms. The van der Waals surface area contributed by atoms with Gasteiger partial charge in [-0.3, -0.25) is 9.89 Å². The first-order valence-electron chi connectivity index (χ1n) is 9.88. The van der Waals surface area contributed by atoms with Crippen LogP contribution >= 0.6 is 0 Å². The first kappa shape index (κ1) is 20.7. The molecule has 1 saturated carbocycles. The molecule has 0 spiro atoms. The van der Waals surface area contributed by atoms with E-state index in [0.29, 0.717) is 5.82 Å². The molecule has 8 nitrogen and oxygen atoms in total. The lowest BCUT2D eigenvalue weighted by Gasteiger charge is -2.14. The average Bonchev–Trinajstić information content (AvgIpc) is 3.31. The summed E-state index contributed by atoms with van der Waals surface area (Å²) in [6.07, 6.45) is 2.25. The van der Waals surface area contributed by atoms with Gasteiger partial charge in [0.15, 0.2) is 5.82 Å². The Kier molecular flexibility index (Phi) is 6.74. The van der Waals surface area contributed by atoms with E-state index in [1.807, 2.05) is 44.2 Å². The smallest absolute Gasteiger partial charge is 0.407 e. The molecule has 2 aromatic rings. The molecular weight excluding hydrogens is 372 g/mol. The molecule has 1 aliphatic rings. The van der Waals surface area contributed by atoms with Gasteiger partial charge in [0.2, 0.25) is 5.91 Å². The van der Waals surface area contributed by atoms with Crippen LogP contribution in [-0.4, -0.2) is 41.5 Å². The summed E-state index contributed by atoms with van der Waals surface area (Å²) in [5, 5.41) is 12.8. The minimum absolute atomic E-state index is 0.0522. The molecule has 1 aromatic heterocycles. The van der Waals surface area contributed by atoms with Gasteiger partial charge in [-0.15, -0.1) is 0 Å². The van der Waals surface area contributed by atoms with Gasteiger partial charge in [0.25, 0.3) is 0 Å². The molecule has 156 valence electrons. The minimum atomic E-state index is -0.373. The average molecular weight is 400 g/mol. The lowest BCUT2D eigenvalue weighted by Crippen LogP contribution is -2.33. The normalized spacial score (nSPS) is 18.5. The van der Waals surface area contributed by atoms with Crippen molar-refractivity contribution in [1.82, 2.24) is 15.5 Å². The van der Waals surface area contributed by atoms with Crippen molar-refractivity contribution in [3.63, 3.8) is 0 Å². The third-order valence-corrected chi connectivity index (χ3v) is 4.89. The highest BCUT2D eigenvalue weighted by molar-refractivity contribution is 5.91. The first-order chi connectivity index (χ1) is 13.9. The maximum absolute atomic E-state index is 12.3. The number of nitrogens with zero attached hydrogens (tertiary/aromatic N) is 1. The molecule has 0 bridgehead atoms. The zero-order chi connectivity index (χ0) is 20.8. The molecular formula is C21H28N4O4. The Morgan fingerprint density at radius 1 is 1.24 bits per heavy atom. The number of H-pyrrole nitrogens is 1. The van der Waals surface area contributed by atoms with Crippen molar-refractivity contribution in [3.05, 3.63) is 41.6 Å². The number of hydrogen-bond acceptors (Lipinski definition) is 5. The van der Waals surface area contributed by atoms with Crippen LogP contribution in [0, 0.1) is 0 Å². The van der Waals surface area contributed by atoms with Gasteiger partial charge in [-0.05, 0) is 50.8 Å². The van der Waals surface area contributed by atoms with Crippen LogP contribution in [0.2, 0.25) is 0 Å². The third kappa shape index (κ3) is 5.97. The number of ether oxygens (including phenoxy) is 2. The Hall–Kier alpha value is -3.03. The van der Waals surface area contributed by atoms with Gasteiger partial charge in [-0.2, -0.15) is 5.10 Å².